The highest BCUT2D eigenvalue weighted by Crippen LogP contribution is 2.59. The Labute approximate surface area is 98.8 Å². The molecular formula is C15H21N. The Bertz CT molecular complexity index is 421. The molecule has 0 aromatic carbocycles. The van der Waals surface area contributed by atoms with E-state index in [0.29, 0.717) is 0 Å². The molecule has 0 amide bonds. The number of hydrogen-bond acceptors (Lipinski definition) is 1. The summed E-state index contributed by atoms with van der Waals surface area (Å²) >= 11 is 0. The van der Waals surface area contributed by atoms with Gasteiger partial charge in [-0.25, -0.2) is 0 Å². The Morgan fingerprint density at radius 2 is 2.19 bits per heavy atom. The van der Waals surface area contributed by atoms with Crippen LogP contribution in [0.1, 0.15) is 26.7 Å². The van der Waals surface area contributed by atoms with Crippen LogP contribution in [-0.4, -0.2) is 19.0 Å². The van der Waals surface area contributed by atoms with E-state index in [-0.39, 0.29) is 5.41 Å². The van der Waals surface area contributed by atoms with E-state index in [9.17, 15) is 0 Å². The molecule has 2 aliphatic rings. The minimum atomic E-state index is 0.224. The molecule has 0 radical (unpaired) electrons. The van der Waals surface area contributed by atoms with Crippen molar-refractivity contribution in [1.29, 1.82) is 0 Å². The molecule has 86 valence electrons. The summed E-state index contributed by atoms with van der Waals surface area (Å²) in [5.41, 5.74) is 5.84. The third-order valence-electron chi connectivity index (χ3n) is 3.71. The number of rotatable bonds is 2. The molecule has 1 nitrogen and oxygen atoms in total. The summed E-state index contributed by atoms with van der Waals surface area (Å²) in [5.74, 6) is 0. The molecule has 0 N–H and O–H groups in total. The molecule has 2 rings (SSSR count). The van der Waals surface area contributed by atoms with Gasteiger partial charge in [-0.05, 0) is 35.1 Å². The summed E-state index contributed by atoms with van der Waals surface area (Å²) < 4.78 is 0. The van der Waals surface area contributed by atoms with E-state index >= 15 is 0 Å². The first-order valence-corrected chi connectivity index (χ1v) is 5.99. The van der Waals surface area contributed by atoms with E-state index in [1.165, 1.54) is 22.3 Å². The first-order chi connectivity index (χ1) is 7.50. The highest BCUT2D eigenvalue weighted by atomic mass is 15.0. The van der Waals surface area contributed by atoms with Gasteiger partial charge in [0.1, 0.15) is 0 Å². The van der Waals surface area contributed by atoms with Gasteiger partial charge in [0.05, 0.1) is 0 Å². The largest absolute Gasteiger partial charge is 0.383 e. The maximum atomic E-state index is 4.24. The predicted octanol–water partition coefficient (Wildman–Crippen LogP) is 3.67. The van der Waals surface area contributed by atoms with Gasteiger partial charge < -0.3 is 4.90 Å². The van der Waals surface area contributed by atoms with Crippen molar-refractivity contribution < 1.29 is 0 Å². The molecule has 1 heteroatoms. The van der Waals surface area contributed by atoms with Gasteiger partial charge in [-0.2, -0.15) is 0 Å². The quantitative estimate of drug-likeness (QED) is 0.679. The molecule has 0 aromatic rings. The Balaban J connectivity index is 2.46. The third kappa shape index (κ3) is 1.38. The predicted molar refractivity (Wildman–Crippen MR) is 70.1 cm³/mol. The Kier molecular flexibility index (Phi) is 2.57. The van der Waals surface area contributed by atoms with Crippen molar-refractivity contribution in [3.8, 4) is 0 Å². The fourth-order valence-electron chi connectivity index (χ4n) is 2.93. The number of nitrogens with zero attached hydrogens (tertiary/aromatic N) is 1. The van der Waals surface area contributed by atoms with Crippen molar-refractivity contribution in [2.75, 3.05) is 14.1 Å². The smallest absolute Gasteiger partial charge is 0.0237 e. The topological polar surface area (TPSA) is 3.24 Å². The lowest BCUT2D eigenvalue weighted by atomic mass is 9.54. The van der Waals surface area contributed by atoms with Crippen LogP contribution in [0.2, 0.25) is 0 Å². The molecule has 1 saturated carbocycles. The normalized spacial score (nSPS) is 30.5. The molecule has 2 aliphatic carbocycles. The first kappa shape index (κ1) is 11.3. The molecule has 0 saturated heterocycles. The Morgan fingerprint density at radius 3 is 2.75 bits per heavy atom. The lowest BCUT2D eigenvalue weighted by Gasteiger charge is -2.49. The number of allylic oxidation sites excluding steroid dienone is 6. The van der Waals surface area contributed by atoms with Gasteiger partial charge in [-0.15, -0.1) is 0 Å². The summed E-state index contributed by atoms with van der Waals surface area (Å²) in [7, 11) is 4.15. The van der Waals surface area contributed by atoms with Crippen molar-refractivity contribution in [2.45, 2.75) is 26.7 Å². The van der Waals surface area contributed by atoms with Crippen molar-refractivity contribution in [3.63, 3.8) is 0 Å². The zero-order valence-electron chi connectivity index (χ0n) is 10.8. The molecule has 0 aromatic heterocycles. The SMILES string of the molecule is C=C1C2=C(CC)C=CCC2(C)/C1=C/N(C)C. The zero-order chi connectivity index (χ0) is 11.9. The molecule has 0 aliphatic heterocycles. The minimum absolute atomic E-state index is 0.224. The first-order valence-electron chi connectivity index (χ1n) is 5.99. The van der Waals surface area contributed by atoms with Gasteiger partial charge >= 0.3 is 0 Å². The number of fused-ring (bicyclic) bond motifs is 1. The molecule has 1 unspecified atom stereocenters. The van der Waals surface area contributed by atoms with Crippen LogP contribution < -0.4 is 0 Å². The van der Waals surface area contributed by atoms with Gasteiger partial charge in [0.25, 0.3) is 0 Å². The van der Waals surface area contributed by atoms with Crippen LogP contribution in [0.25, 0.3) is 0 Å². The van der Waals surface area contributed by atoms with Crippen LogP contribution >= 0.6 is 0 Å². The highest BCUT2D eigenvalue weighted by molar-refractivity contribution is 5.69. The van der Waals surface area contributed by atoms with Crippen LogP contribution in [0.3, 0.4) is 0 Å². The lowest BCUT2D eigenvalue weighted by Crippen LogP contribution is -2.37. The molecule has 0 heterocycles. The summed E-state index contributed by atoms with van der Waals surface area (Å²) in [5, 5.41) is 0. The van der Waals surface area contributed by atoms with E-state index in [1.54, 1.807) is 0 Å². The van der Waals surface area contributed by atoms with Gasteiger partial charge in [-0.3, -0.25) is 0 Å². The fourth-order valence-corrected chi connectivity index (χ4v) is 2.93. The second kappa shape index (κ2) is 3.65. The van der Waals surface area contributed by atoms with Gasteiger partial charge in [0.15, 0.2) is 0 Å². The average molecular weight is 215 g/mol. The van der Waals surface area contributed by atoms with Gasteiger partial charge in [0, 0.05) is 25.7 Å². The van der Waals surface area contributed by atoms with E-state index in [1.807, 2.05) is 0 Å². The van der Waals surface area contributed by atoms with Gasteiger partial charge in [0.2, 0.25) is 0 Å². The highest BCUT2D eigenvalue weighted by Gasteiger charge is 2.47. The summed E-state index contributed by atoms with van der Waals surface area (Å²) in [6.07, 6.45) is 9.02. The van der Waals surface area contributed by atoms with Crippen LogP contribution in [0, 0.1) is 5.41 Å². The molecule has 1 fully saturated rings. The van der Waals surface area contributed by atoms with Crippen LogP contribution in [0.5, 0.6) is 0 Å². The molecular weight excluding hydrogens is 194 g/mol. The minimum Gasteiger partial charge on any atom is -0.383 e. The van der Waals surface area contributed by atoms with Gasteiger partial charge in [-0.1, -0.05) is 32.6 Å². The molecule has 1 atom stereocenters. The van der Waals surface area contributed by atoms with Crippen molar-refractivity contribution in [2.24, 2.45) is 5.41 Å². The second-order valence-corrected chi connectivity index (χ2v) is 5.18. The summed E-state index contributed by atoms with van der Waals surface area (Å²) in [6, 6.07) is 0. The maximum Gasteiger partial charge on any atom is 0.0237 e. The maximum absolute atomic E-state index is 4.24. The summed E-state index contributed by atoms with van der Waals surface area (Å²) in [6.45, 7) is 8.80. The third-order valence-corrected chi connectivity index (χ3v) is 3.71. The van der Waals surface area contributed by atoms with Crippen LogP contribution in [0.4, 0.5) is 0 Å². The molecule has 0 bridgehead atoms. The van der Waals surface area contributed by atoms with E-state index in [2.05, 4.69) is 57.8 Å². The van der Waals surface area contributed by atoms with E-state index in [0.717, 1.165) is 12.8 Å². The fraction of sp³-hybridized carbons (Fsp3) is 0.467. The Hall–Kier alpha value is -1.24. The standard InChI is InChI=1S/C15H21N/c1-6-12-8-7-9-15(3)13(10-16(4)5)11(2)14(12)15/h7-8,10H,2,6,9H2,1,3-5H3/b13-10+. The number of hydrogen-bond donors (Lipinski definition) is 0. The Morgan fingerprint density at radius 1 is 1.50 bits per heavy atom. The molecule has 16 heavy (non-hydrogen) atoms. The van der Waals surface area contributed by atoms with Crippen molar-refractivity contribution in [3.05, 3.63) is 47.2 Å². The van der Waals surface area contributed by atoms with Crippen molar-refractivity contribution >= 4 is 0 Å². The zero-order valence-corrected chi connectivity index (χ0v) is 10.8. The average Bonchev–Trinajstić information content (AvgIpc) is 2.24. The van der Waals surface area contributed by atoms with Crippen LogP contribution in [-0.2, 0) is 0 Å². The van der Waals surface area contributed by atoms with E-state index in [4.69, 9.17) is 0 Å². The van der Waals surface area contributed by atoms with Crippen molar-refractivity contribution in [1.82, 2.24) is 4.90 Å². The second-order valence-electron chi connectivity index (χ2n) is 5.18. The van der Waals surface area contributed by atoms with E-state index < -0.39 is 0 Å². The monoisotopic (exact) mass is 215 g/mol. The lowest BCUT2D eigenvalue weighted by molar-refractivity contribution is 0.418. The summed E-state index contributed by atoms with van der Waals surface area (Å²) in [4.78, 5) is 2.12. The molecule has 0 spiro atoms. The van der Waals surface area contributed by atoms with Crippen LogP contribution in [0.15, 0.2) is 47.2 Å².